The summed E-state index contributed by atoms with van der Waals surface area (Å²) in [5.74, 6) is -2.64. The first kappa shape index (κ1) is 82.0. The first-order valence-corrected chi connectivity index (χ1v) is 39.6. The highest BCUT2D eigenvalue weighted by Crippen LogP contribution is 2.48. The number of benzene rings is 16. The van der Waals surface area contributed by atoms with Gasteiger partial charge in [0, 0.05) is 124 Å². The zero-order valence-corrected chi connectivity index (χ0v) is 64.4. The summed E-state index contributed by atoms with van der Waals surface area (Å²) in [5, 5.41) is 19.2. The molecule has 16 aromatic carbocycles. The highest BCUT2D eigenvalue weighted by molar-refractivity contribution is 7.00. The van der Waals surface area contributed by atoms with E-state index in [0.29, 0.717) is 44.1 Å². The van der Waals surface area contributed by atoms with E-state index in [4.69, 9.17) is 32.8 Å². The molecule has 0 fully saturated rings. The zero-order valence-electron chi connectivity index (χ0n) is 62.8. The average Bonchev–Trinajstić information content (AvgIpc) is 1.63. The fourth-order valence-corrected chi connectivity index (χ4v) is 16.5. The molecule has 0 bridgehead atoms. The fraction of sp³-hybridized carbons (Fsp3) is 0.0588. The SMILES string of the molecule is C.C.C.C.Fc1cccc(F)c1Cn1nc2c(-c3ccc(N(c4ccccc4)c4ccccc4)cc3)c3n[s+][n-]c3c(-c3ccc(N(c4ccccc4)c4ccccc4)cc3)c2n1.Fc1cccc(F)c1Cn1nnc2c(-c3ccc(N(c4ccccc4)c4ccccc4)cc3)c3[n-][s+]nc3c(-c3ccc(N(c4ccccc4)c4ccccc4)cc3)c21. The lowest BCUT2D eigenvalue weighted by Gasteiger charge is -2.26. The molecule has 20 aromatic rings. The number of aromatic nitrogens is 10. The molecule has 0 saturated heterocycles. The van der Waals surface area contributed by atoms with Gasteiger partial charge in [0.05, 0.1) is 18.6 Å². The quantitative estimate of drug-likeness (QED) is 0.0532. The molecule has 0 aliphatic carbocycles. The smallest absolute Gasteiger partial charge is 0.279 e. The Morgan fingerprint density at radius 2 is 0.500 bits per heavy atom. The Morgan fingerprint density at radius 3 is 0.803 bits per heavy atom. The molecular weight excluding hydrogens is 1560 g/mol. The standard InChI is InChI=1S/2C49H33F2N7S.4CH4/c50-42-22-13-23-43(51)41(42)32-56-49-45(34-26-30-40(31-27-34)58(37-18-9-3-10-19-37)38-20-11-4-12-21-38)47-46(53-59-54-47)44(48(49)52-55-56)33-24-28-39(29-25-33)57(35-14-5-1-6-15-35)36-16-7-2-8-17-36;50-42-22-13-23-43(51)41(42)32-56-52-46-44(33-24-28-39(29-25-33)57(35-14-5-1-6-15-35)36-16-7-2-8-17-36)48-49(55-59-54-48)45(47(46)53-56)34-26-30-40(31-27-34)58(37-18-9-3-10-19-37)38-20-11-4-12-21-38;;;;/h2*1-31H,32H2;4*1H4. The molecule has 0 radical (unpaired) electrons. The van der Waals surface area contributed by atoms with Crippen molar-refractivity contribution >= 4 is 136 Å². The zero-order chi connectivity index (χ0) is 79.4. The fourth-order valence-electron chi connectivity index (χ4n) is 15.3. The molecule has 0 atom stereocenters. The van der Waals surface area contributed by atoms with Gasteiger partial charge in [-0.15, -0.1) is 5.10 Å². The largest absolute Gasteiger partial charge is 0.311 e. The lowest BCUT2D eigenvalue weighted by Crippen LogP contribution is -2.09. The van der Waals surface area contributed by atoms with E-state index in [1.54, 1.807) is 4.68 Å². The molecule has 20 rings (SSSR count). The van der Waals surface area contributed by atoms with E-state index in [2.05, 4.69) is 170 Å². The molecule has 122 heavy (non-hydrogen) atoms. The van der Waals surface area contributed by atoms with Gasteiger partial charge >= 0.3 is 0 Å². The maximum Gasteiger partial charge on any atom is 0.279 e. The monoisotopic (exact) mass is 1640 g/mol. The van der Waals surface area contributed by atoms with Crippen molar-refractivity contribution in [3.05, 3.63) is 411 Å². The normalized spacial score (nSPS) is 10.9. The molecule has 0 saturated carbocycles. The van der Waals surface area contributed by atoms with Crippen LogP contribution in [0.15, 0.2) is 376 Å². The predicted molar refractivity (Wildman–Crippen MR) is 495 cm³/mol. The predicted octanol–water partition coefficient (Wildman–Crippen LogP) is 28.3. The number of fused-ring (bicyclic) bond motifs is 4. The molecule has 4 heterocycles. The molecular formula is C102H82F4N14S2. The van der Waals surface area contributed by atoms with Crippen LogP contribution in [0, 0.1) is 23.3 Å². The van der Waals surface area contributed by atoms with Crippen LogP contribution in [0.3, 0.4) is 0 Å². The number of halogens is 4. The minimum Gasteiger partial charge on any atom is -0.311 e. The second kappa shape index (κ2) is 36.4. The van der Waals surface area contributed by atoms with Crippen LogP contribution in [0.2, 0.25) is 0 Å². The summed E-state index contributed by atoms with van der Waals surface area (Å²) < 4.78 is 81.5. The number of nitrogens with zero attached hydrogens (tertiary/aromatic N) is 14. The Balaban J connectivity index is 0.000000183. The molecule has 20 heteroatoms. The molecule has 0 aliphatic heterocycles. The Bertz CT molecular complexity index is 6330. The van der Waals surface area contributed by atoms with E-state index in [9.17, 15) is 0 Å². The van der Waals surface area contributed by atoms with Gasteiger partial charge in [-0.25, -0.2) is 22.2 Å². The van der Waals surface area contributed by atoms with Crippen molar-refractivity contribution in [1.82, 2.24) is 47.5 Å². The van der Waals surface area contributed by atoms with Crippen molar-refractivity contribution in [2.75, 3.05) is 19.6 Å². The third-order valence-electron chi connectivity index (χ3n) is 20.8. The maximum absolute atomic E-state index is 15.2. The molecule has 0 N–H and O–H groups in total. The first-order valence-electron chi connectivity index (χ1n) is 38.2. The number of para-hydroxylation sites is 8. The van der Waals surface area contributed by atoms with Crippen molar-refractivity contribution in [3.63, 3.8) is 0 Å². The maximum atomic E-state index is 15.2. The number of rotatable bonds is 20. The van der Waals surface area contributed by atoms with Gasteiger partial charge in [-0.1, -0.05) is 241 Å². The van der Waals surface area contributed by atoms with Crippen LogP contribution in [0.5, 0.6) is 0 Å². The molecule has 4 aromatic heterocycles. The summed E-state index contributed by atoms with van der Waals surface area (Å²) in [6.07, 6.45) is 0. The molecule has 600 valence electrons. The van der Waals surface area contributed by atoms with E-state index in [0.717, 1.165) is 136 Å². The van der Waals surface area contributed by atoms with Crippen molar-refractivity contribution in [3.8, 4) is 44.5 Å². The van der Waals surface area contributed by atoms with Gasteiger partial charge < -0.3 is 19.6 Å². The molecule has 0 unspecified atom stereocenters. The van der Waals surface area contributed by atoms with Crippen LogP contribution >= 0.6 is 23.5 Å². The van der Waals surface area contributed by atoms with Crippen LogP contribution in [-0.2, 0) is 13.1 Å². The Labute approximate surface area is 713 Å². The lowest BCUT2D eigenvalue weighted by molar-refractivity contribution is 0.512. The summed E-state index contributed by atoms with van der Waals surface area (Å²) in [6.45, 7) is -0.385. The second-order valence-electron chi connectivity index (χ2n) is 27.9. The molecule has 0 aliphatic rings. The van der Waals surface area contributed by atoms with Gasteiger partial charge in [0.2, 0.25) is 0 Å². The van der Waals surface area contributed by atoms with Gasteiger partial charge in [0.15, 0.2) is 0 Å². The van der Waals surface area contributed by atoms with Gasteiger partial charge in [-0.05, 0) is 192 Å². The van der Waals surface area contributed by atoms with Crippen LogP contribution < -0.4 is 28.3 Å². The topological polar surface area (TPSA) is 128 Å². The number of hydrogen-bond donors (Lipinski definition) is 0. The lowest BCUT2D eigenvalue weighted by atomic mass is 9.94. The third kappa shape index (κ3) is 16.0. The van der Waals surface area contributed by atoms with E-state index in [-0.39, 0.29) is 53.9 Å². The van der Waals surface area contributed by atoms with E-state index < -0.39 is 23.3 Å². The van der Waals surface area contributed by atoms with Gasteiger partial charge in [-0.2, -0.15) is 32.5 Å². The number of anilines is 12. The summed E-state index contributed by atoms with van der Waals surface area (Å²) >= 11 is 2.23. The second-order valence-corrected chi connectivity index (χ2v) is 29.0. The Morgan fingerprint density at radius 1 is 0.254 bits per heavy atom. The molecule has 0 amide bonds. The van der Waals surface area contributed by atoms with Gasteiger partial charge in [-0.3, -0.25) is 0 Å². The summed E-state index contributed by atoms with van der Waals surface area (Å²) in [7, 11) is 0. The van der Waals surface area contributed by atoms with E-state index in [1.807, 2.05) is 194 Å². The Hall–Kier alpha value is -15.1. The van der Waals surface area contributed by atoms with Crippen LogP contribution in [0.25, 0.3) is 88.6 Å². The molecule has 14 nitrogen and oxygen atoms in total. The highest BCUT2D eigenvalue weighted by atomic mass is 32.1. The van der Waals surface area contributed by atoms with Crippen molar-refractivity contribution in [2.45, 2.75) is 42.8 Å². The first-order chi connectivity index (χ1) is 58.2. The average molecular weight is 1640 g/mol. The summed E-state index contributed by atoms with van der Waals surface area (Å²) in [4.78, 5) is 10.1. The summed E-state index contributed by atoms with van der Waals surface area (Å²) in [6, 6.07) is 122. The highest BCUT2D eigenvalue weighted by Gasteiger charge is 2.28. The van der Waals surface area contributed by atoms with Crippen molar-refractivity contribution in [1.29, 1.82) is 0 Å². The van der Waals surface area contributed by atoms with E-state index >= 15 is 17.6 Å². The minimum atomic E-state index is -0.662. The third-order valence-corrected chi connectivity index (χ3v) is 21.8. The minimum absolute atomic E-state index is 0. The summed E-state index contributed by atoms with van der Waals surface area (Å²) in [5.41, 5.74) is 23.0. The van der Waals surface area contributed by atoms with Gasteiger partial charge in [0.1, 0.15) is 39.8 Å². The van der Waals surface area contributed by atoms with Crippen LogP contribution in [0.1, 0.15) is 40.8 Å². The van der Waals surface area contributed by atoms with Gasteiger partial charge in [0.25, 0.3) is 23.5 Å². The van der Waals surface area contributed by atoms with Crippen LogP contribution in [0.4, 0.5) is 85.8 Å². The molecule has 0 spiro atoms. The van der Waals surface area contributed by atoms with Crippen molar-refractivity contribution in [2.24, 2.45) is 0 Å². The number of hydrogen-bond acceptors (Lipinski definition) is 10. The Kier molecular flexibility index (Phi) is 24.5. The van der Waals surface area contributed by atoms with Crippen LogP contribution in [-0.4, -0.2) is 38.7 Å². The van der Waals surface area contributed by atoms with E-state index in [1.165, 1.54) is 41.2 Å². The van der Waals surface area contributed by atoms with Crippen molar-refractivity contribution < 1.29 is 17.6 Å².